The van der Waals surface area contributed by atoms with Crippen molar-refractivity contribution in [2.75, 3.05) is 0 Å². The van der Waals surface area contributed by atoms with Crippen LogP contribution in [0.25, 0.3) is 11.1 Å². The third-order valence-corrected chi connectivity index (χ3v) is 3.55. The van der Waals surface area contributed by atoms with Crippen molar-refractivity contribution >= 4 is 22.9 Å². The van der Waals surface area contributed by atoms with E-state index < -0.39 is 11.1 Å². The molecule has 3 aromatic rings. The average molecular weight is 281 g/mol. The molecule has 98 valence electrons. The molecule has 0 radical (unpaired) electrons. The number of imidazole rings is 1. The first kappa shape index (κ1) is 12.2. The molecule has 0 unspecified atom stereocenters. The molecule has 0 aliphatic carbocycles. The predicted molar refractivity (Wildman–Crippen MR) is 67.0 cm³/mol. The van der Waals surface area contributed by atoms with Crippen molar-refractivity contribution in [2.45, 2.75) is 10.4 Å². The number of alkyl halides is 2. The van der Waals surface area contributed by atoms with Gasteiger partial charge in [-0.2, -0.15) is 8.78 Å². The van der Waals surface area contributed by atoms with Crippen molar-refractivity contribution in [3.8, 4) is 0 Å². The molecule has 0 bridgehead atoms. The molecule has 1 aromatic carbocycles. The highest BCUT2D eigenvalue weighted by Crippen LogP contribution is 2.43. The van der Waals surface area contributed by atoms with Crippen molar-refractivity contribution in [1.82, 2.24) is 14.5 Å². The molecule has 2 aromatic heterocycles. The second-order valence-corrected chi connectivity index (χ2v) is 5.01. The Morgan fingerprint density at radius 3 is 2.79 bits per heavy atom. The summed E-state index contributed by atoms with van der Waals surface area (Å²) < 4.78 is 34.8. The highest BCUT2D eigenvalue weighted by Gasteiger charge is 2.40. The second-order valence-electron chi connectivity index (χ2n) is 3.93. The molecule has 2 heterocycles. The summed E-state index contributed by atoms with van der Waals surface area (Å²) in [6, 6.07) is 6.66. The lowest BCUT2D eigenvalue weighted by atomic mass is 10.3. The molecule has 0 amide bonds. The fraction of sp³-hybridized carbons (Fsp3) is 0.167. The highest BCUT2D eigenvalue weighted by atomic mass is 32.2. The molecular formula is C12H9F2N3OS. The number of halogens is 2. The van der Waals surface area contributed by atoms with Gasteiger partial charge in [0.05, 0.1) is 0 Å². The fourth-order valence-corrected chi connectivity index (χ4v) is 2.33. The van der Waals surface area contributed by atoms with Gasteiger partial charge in [-0.1, -0.05) is 12.1 Å². The maximum Gasteiger partial charge on any atom is 0.375 e. The molecule has 7 heteroatoms. The van der Waals surface area contributed by atoms with Crippen LogP contribution in [0.5, 0.6) is 0 Å². The molecule has 0 fully saturated rings. The maximum absolute atomic E-state index is 14.1. The lowest BCUT2D eigenvalue weighted by molar-refractivity contribution is 0.0731. The van der Waals surface area contributed by atoms with Crippen LogP contribution in [0.3, 0.4) is 0 Å². The molecule has 0 aliphatic heterocycles. The molecule has 19 heavy (non-hydrogen) atoms. The van der Waals surface area contributed by atoms with E-state index in [-0.39, 0.29) is 5.16 Å². The summed E-state index contributed by atoms with van der Waals surface area (Å²) in [6.45, 7) is 0. The molecule has 4 nitrogen and oxygen atoms in total. The number of rotatable bonds is 3. The molecule has 0 aliphatic rings. The van der Waals surface area contributed by atoms with Crippen LogP contribution in [0.4, 0.5) is 8.78 Å². The molecular weight excluding hydrogens is 272 g/mol. The van der Waals surface area contributed by atoms with Crippen molar-refractivity contribution in [3.63, 3.8) is 0 Å². The Hall–Kier alpha value is -1.89. The number of fused-ring (bicyclic) bond motifs is 1. The number of oxazole rings is 1. The Labute approximate surface area is 111 Å². The van der Waals surface area contributed by atoms with E-state index in [4.69, 9.17) is 4.42 Å². The predicted octanol–water partition coefficient (Wildman–Crippen LogP) is 3.40. The Morgan fingerprint density at radius 2 is 2.11 bits per heavy atom. The second kappa shape index (κ2) is 4.34. The Morgan fingerprint density at radius 1 is 1.32 bits per heavy atom. The largest absolute Gasteiger partial charge is 0.434 e. The Balaban J connectivity index is 1.97. The highest BCUT2D eigenvalue weighted by molar-refractivity contribution is 7.99. The average Bonchev–Trinajstić information content (AvgIpc) is 2.96. The summed E-state index contributed by atoms with van der Waals surface area (Å²) in [5.41, 5.74) is 0.759. The van der Waals surface area contributed by atoms with Crippen molar-refractivity contribution in [3.05, 3.63) is 42.5 Å². The third kappa shape index (κ3) is 2.21. The smallest absolute Gasteiger partial charge is 0.375 e. The molecule has 0 atom stereocenters. The van der Waals surface area contributed by atoms with Crippen LogP contribution in [0.2, 0.25) is 0 Å². The lowest BCUT2D eigenvalue weighted by Gasteiger charge is -2.10. The number of benzene rings is 1. The van der Waals surface area contributed by atoms with Gasteiger partial charge >= 0.3 is 5.25 Å². The molecule has 0 N–H and O–H groups in total. The van der Waals surface area contributed by atoms with Crippen LogP contribution < -0.4 is 0 Å². The summed E-state index contributed by atoms with van der Waals surface area (Å²) in [5.74, 6) is -0.610. The van der Waals surface area contributed by atoms with Gasteiger partial charge in [-0.05, 0) is 23.9 Å². The van der Waals surface area contributed by atoms with Crippen molar-refractivity contribution < 1.29 is 13.2 Å². The van der Waals surface area contributed by atoms with E-state index in [0.717, 1.165) is 0 Å². The zero-order chi connectivity index (χ0) is 13.5. The number of aromatic nitrogens is 3. The van der Waals surface area contributed by atoms with Gasteiger partial charge in [0, 0.05) is 19.4 Å². The van der Waals surface area contributed by atoms with Crippen molar-refractivity contribution in [1.29, 1.82) is 0 Å². The van der Waals surface area contributed by atoms with Gasteiger partial charge in [0.15, 0.2) is 10.7 Å². The monoisotopic (exact) mass is 281 g/mol. The summed E-state index contributed by atoms with van der Waals surface area (Å²) in [5, 5.41) is -3.06. The number of nitrogens with zero attached hydrogens (tertiary/aromatic N) is 3. The zero-order valence-electron chi connectivity index (χ0n) is 9.88. The minimum absolute atomic E-state index is 0.201. The standard InChI is InChI=1S/C12H9F2N3OS/c1-17-7-6-15-11(17)19-12(13,14)10-16-8-4-2-3-5-9(8)18-10/h2-7H,1H3. The fourth-order valence-electron chi connectivity index (χ4n) is 1.61. The van der Waals surface area contributed by atoms with E-state index in [0.29, 0.717) is 22.9 Å². The summed E-state index contributed by atoms with van der Waals surface area (Å²) in [7, 11) is 1.65. The van der Waals surface area contributed by atoms with E-state index in [1.165, 1.54) is 10.8 Å². The van der Waals surface area contributed by atoms with Crippen LogP contribution in [-0.2, 0) is 12.3 Å². The maximum atomic E-state index is 14.1. The van der Waals surface area contributed by atoms with Gasteiger partial charge in [-0.15, -0.1) is 0 Å². The first-order valence-electron chi connectivity index (χ1n) is 5.46. The lowest BCUT2D eigenvalue weighted by Crippen LogP contribution is -2.09. The van der Waals surface area contributed by atoms with Crippen molar-refractivity contribution in [2.24, 2.45) is 7.05 Å². The Bertz CT molecular complexity index is 689. The summed E-state index contributed by atoms with van der Waals surface area (Å²) in [4.78, 5) is 7.68. The Kier molecular flexibility index (Phi) is 2.78. The van der Waals surface area contributed by atoms with Crippen LogP contribution >= 0.6 is 11.8 Å². The van der Waals surface area contributed by atoms with E-state index in [1.54, 1.807) is 37.5 Å². The third-order valence-electron chi connectivity index (χ3n) is 2.54. The van der Waals surface area contributed by atoms with E-state index in [1.807, 2.05) is 0 Å². The first-order valence-corrected chi connectivity index (χ1v) is 6.28. The topological polar surface area (TPSA) is 43.9 Å². The van der Waals surface area contributed by atoms with Gasteiger partial charge in [0.2, 0.25) is 0 Å². The first-order chi connectivity index (χ1) is 9.06. The van der Waals surface area contributed by atoms with Gasteiger partial charge in [0.25, 0.3) is 5.89 Å². The summed E-state index contributed by atoms with van der Waals surface area (Å²) in [6.07, 6.45) is 3.06. The number of aryl methyl sites for hydroxylation is 1. The number of thioether (sulfide) groups is 1. The normalized spacial score (nSPS) is 12.2. The van der Waals surface area contributed by atoms with Crippen LogP contribution in [0, 0.1) is 0 Å². The summed E-state index contributed by atoms with van der Waals surface area (Å²) >= 11 is 0.310. The minimum atomic E-state index is -3.27. The van der Waals surface area contributed by atoms with Gasteiger partial charge in [-0.25, -0.2) is 9.97 Å². The van der Waals surface area contributed by atoms with Gasteiger partial charge in [0.1, 0.15) is 5.52 Å². The molecule has 3 rings (SSSR count). The molecule has 0 spiro atoms. The van der Waals surface area contributed by atoms with E-state index in [9.17, 15) is 8.78 Å². The number of para-hydroxylation sites is 2. The van der Waals surface area contributed by atoms with Crippen LogP contribution in [0.15, 0.2) is 46.2 Å². The molecule has 0 saturated carbocycles. The SMILES string of the molecule is Cn1ccnc1SC(F)(F)c1nc2ccccc2o1. The van der Waals surface area contributed by atoms with Crippen LogP contribution in [-0.4, -0.2) is 14.5 Å². The number of hydrogen-bond acceptors (Lipinski definition) is 4. The van der Waals surface area contributed by atoms with Gasteiger partial charge in [-0.3, -0.25) is 0 Å². The van der Waals surface area contributed by atoms with E-state index in [2.05, 4.69) is 9.97 Å². The zero-order valence-corrected chi connectivity index (χ0v) is 10.7. The quantitative estimate of drug-likeness (QED) is 0.690. The van der Waals surface area contributed by atoms with Crippen LogP contribution in [0.1, 0.15) is 5.89 Å². The molecule has 0 saturated heterocycles. The van der Waals surface area contributed by atoms with Gasteiger partial charge < -0.3 is 8.98 Å². The number of hydrogen-bond donors (Lipinski definition) is 0. The van der Waals surface area contributed by atoms with E-state index >= 15 is 0 Å². The minimum Gasteiger partial charge on any atom is -0.434 e.